The Kier molecular flexibility index (Phi) is 6.97. The number of nitro groups is 2. The fourth-order valence-electron chi connectivity index (χ4n) is 2.69. The van der Waals surface area contributed by atoms with Crippen LogP contribution in [0.2, 0.25) is 5.02 Å². The first-order chi connectivity index (χ1) is 15.8. The molecule has 3 rings (SSSR count). The molecule has 0 saturated carbocycles. The molecule has 0 unspecified atom stereocenters. The first-order valence-corrected chi connectivity index (χ1v) is 9.54. The van der Waals surface area contributed by atoms with Crippen molar-refractivity contribution in [3.63, 3.8) is 0 Å². The number of halogens is 1. The lowest BCUT2D eigenvalue weighted by atomic mass is 10.1. The number of carbonyl (C=O) groups is 1. The number of nitriles is 1. The van der Waals surface area contributed by atoms with Crippen LogP contribution >= 0.6 is 11.6 Å². The van der Waals surface area contributed by atoms with E-state index in [1.165, 1.54) is 18.2 Å². The predicted octanol–water partition coefficient (Wildman–Crippen LogP) is 5.49. The lowest BCUT2D eigenvalue weighted by molar-refractivity contribution is -0.394. The van der Waals surface area contributed by atoms with Crippen LogP contribution in [0.25, 0.3) is 6.08 Å². The fraction of sp³-hybridized carbons (Fsp3) is 0. The van der Waals surface area contributed by atoms with E-state index in [9.17, 15) is 30.3 Å². The molecule has 0 spiro atoms. The van der Waals surface area contributed by atoms with Crippen LogP contribution in [0.5, 0.6) is 11.5 Å². The topological polar surface area (TPSA) is 148 Å². The summed E-state index contributed by atoms with van der Waals surface area (Å²) in [5.74, 6) is -0.680. The lowest BCUT2D eigenvalue weighted by Gasteiger charge is -2.08. The maximum Gasteiger partial charge on any atom is 0.318 e. The number of amides is 1. The van der Waals surface area contributed by atoms with Crippen molar-refractivity contribution in [2.45, 2.75) is 0 Å². The Morgan fingerprint density at radius 1 is 1.03 bits per heavy atom. The van der Waals surface area contributed by atoms with E-state index in [2.05, 4.69) is 5.32 Å². The smallest absolute Gasteiger partial charge is 0.318 e. The van der Waals surface area contributed by atoms with Gasteiger partial charge in [0.2, 0.25) is 5.75 Å². The molecule has 0 bridgehead atoms. The number of carbonyl (C=O) groups excluding carboxylic acids is 1. The Morgan fingerprint density at radius 3 is 2.39 bits per heavy atom. The highest BCUT2D eigenvalue weighted by atomic mass is 35.5. The van der Waals surface area contributed by atoms with Crippen LogP contribution in [0.15, 0.2) is 72.3 Å². The molecule has 0 aromatic heterocycles. The number of nitro benzene ring substituents is 2. The summed E-state index contributed by atoms with van der Waals surface area (Å²) in [6, 6.07) is 17.3. The molecular formula is C22H13ClN4O6. The van der Waals surface area contributed by atoms with Crippen molar-refractivity contribution in [1.82, 2.24) is 0 Å². The number of non-ortho nitro benzene ring substituents is 1. The van der Waals surface area contributed by atoms with Crippen molar-refractivity contribution >= 4 is 40.6 Å². The number of ether oxygens (including phenoxy) is 1. The van der Waals surface area contributed by atoms with E-state index in [1.807, 2.05) is 6.07 Å². The third-order valence-corrected chi connectivity index (χ3v) is 4.47. The van der Waals surface area contributed by atoms with Gasteiger partial charge in [0.05, 0.1) is 15.9 Å². The maximum atomic E-state index is 12.4. The second-order valence-electron chi connectivity index (χ2n) is 6.47. The van der Waals surface area contributed by atoms with E-state index in [1.54, 1.807) is 36.4 Å². The molecule has 0 fully saturated rings. The largest absolute Gasteiger partial charge is 0.450 e. The Balaban J connectivity index is 1.84. The number of hydrogen-bond donors (Lipinski definition) is 1. The van der Waals surface area contributed by atoms with Gasteiger partial charge in [0, 0.05) is 16.8 Å². The number of anilines is 1. The first kappa shape index (κ1) is 22.9. The quantitative estimate of drug-likeness (QED) is 0.210. The molecule has 3 aromatic carbocycles. The molecule has 3 aromatic rings. The summed E-state index contributed by atoms with van der Waals surface area (Å²) in [6.07, 6.45) is 1.32. The first-order valence-electron chi connectivity index (χ1n) is 9.16. The zero-order valence-corrected chi connectivity index (χ0v) is 17.4. The molecule has 0 aliphatic rings. The molecule has 1 amide bonds. The number of rotatable bonds is 7. The summed E-state index contributed by atoms with van der Waals surface area (Å²) < 4.78 is 5.54. The summed E-state index contributed by atoms with van der Waals surface area (Å²) in [6.45, 7) is 0. The number of hydrogen-bond acceptors (Lipinski definition) is 7. The summed E-state index contributed by atoms with van der Waals surface area (Å²) >= 11 is 5.81. The maximum absolute atomic E-state index is 12.4. The summed E-state index contributed by atoms with van der Waals surface area (Å²) in [5, 5.41) is 34.6. The van der Waals surface area contributed by atoms with Crippen molar-refractivity contribution in [2.75, 3.05) is 5.32 Å². The van der Waals surface area contributed by atoms with Gasteiger partial charge in [0.15, 0.2) is 0 Å². The van der Waals surface area contributed by atoms with Crippen molar-refractivity contribution in [3.05, 3.63) is 103 Å². The van der Waals surface area contributed by atoms with Gasteiger partial charge in [-0.3, -0.25) is 25.0 Å². The van der Waals surface area contributed by atoms with Gasteiger partial charge in [-0.15, -0.1) is 0 Å². The highest BCUT2D eigenvalue weighted by Crippen LogP contribution is 2.34. The van der Waals surface area contributed by atoms with Crippen molar-refractivity contribution in [2.24, 2.45) is 0 Å². The Hall–Kier alpha value is -4.75. The molecular weight excluding hydrogens is 452 g/mol. The molecule has 33 heavy (non-hydrogen) atoms. The number of nitrogens with one attached hydrogen (secondary N) is 1. The molecule has 1 N–H and O–H groups in total. The fourth-order valence-corrected chi connectivity index (χ4v) is 2.82. The highest BCUT2D eigenvalue weighted by Gasteiger charge is 2.21. The average Bonchev–Trinajstić information content (AvgIpc) is 2.79. The summed E-state index contributed by atoms with van der Waals surface area (Å²) in [4.78, 5) is 33.0. The van der Waals surface area contributed by atoms with Gasteiger partial charge in [0.25, 0.3) is 11.6 Å². The number of nitrogens with zero attached hydrogens (tertiary/aromatic N) is 3. The van der Waals surface area contributed by atoms with E-state index in [0.717, 1.165) is 18.2 Å². The van der Waals surface area contributed by atoms with Crippen LogP contribution in [-0.4, -0.2) is 15.8 Å². The van der Waals surface area contributed by atoms with E-state index >= 15 is 0 Å². The molecule has 10 nitrogen and oxygen atoms in total. The van der Waals surface area contributed by atoms with E-state index in [0.29, 0.717) is 16.3 Å². The lowest BCUT2D eigenvalue weighted by Crippen LogP contribution is -2.13. The summed E-state index contributed by atoms with van der Waals surface area (Å²) in [5.41, 5.74) is -0.349. The van der Waals surface area contributed by atoms with Crippen LogP contribution in [0.4, 0.5) is 17.1 Å². The second-order valence-corrected chi connectivity index (χ2v) is 6.91. The molecule has 164 valence electrons. The molecule has 0 heterocycles. The normalized spacial score (nSPS) is 10.7. The van der Waals surface area contributed by atoms with Crippen molar-refractivity contribution in [3.8, 4) is 17.6 Å². The standard InChI is InChI=1S/C22H13ClN4O6/c23-16-4-6-17(7-5-16)25-22(28)15(13-24)10-14-2-1-3-19(11-14)33-21-9-8-18(26(29)30)12-20(21)27(31)32/h1-12H,(H,25,28)/b15-10-. The minimum Gasteiger partial charge on any atom is -0.450 e. The average molecular weight is 465 g/mol. The molecule has 0 radical (unpaired) electrons. The van der Waals surface area contributed by atoms with E-state index in [-0.39, 0.29) is 17.1 Å². The Labute approximate surface area is 191 Å². The zero-order valence-electron chi connectivity index (χ0n) is 16.6. The van der Waals surface area contributed by atoms with Gasteiger partial charge in [0.1, 0.15) is 17.4 Å². The highest BCUT2D eigenvalue weighted by molar-refractivity contribution is 6.30. The van der Waals surface area contributed by atoms with Crippen molar-refractivity contribution < 1.29 is 19.4 Å². The van der Waals surface area contributed by atoms with Gasteiger partial charge in [-0.05, 0) is 54.1 Å². The minimum atomic E-state index is -0.791. The predicted molar refractivity (Wildman–Crippen MR) is 120 cm³/mol. The molecule has 0 saturated heterocycles. The third-order valence-electron chi connectivity index (χ3n) is 4.21. The van der Waals surface area contributed by atoms with Gasteiger partial charge in [-0.2, -0.15) is 5.26 Å². The van der Waals surface area contributed by atoms with Gasteiger partial charge < -0.3 is 10.1 Å². The monoisotopic (exact) mass is 464 g/mol. The molecule has 0 atom stereocenters. The SMILES string of the molecule is N#C/C(=C/c1cccc(Oc2ccc([N+](=O)[O-])cc2[N+](=O)[O-])c1)C(=O)Nc1ccc(Cl)cc1. The van der Waals surface area contributed by atoms with Crippen LogP contribution in [0.3, 0.4) is 0 Å². The third kappa shape index (κ3) is 5.90. The zero-order chi connectivity index (χ0) is 24.0. The Bertz CT molecular complexity index is 1320. The van der Waals surface area contributed by atoms with E-state index in [4.69, 9.17) is 16.3 Å². The van der Waals surface area contributed by atoms with Crippen LogP contribution < -0.4 is 10.1 Å². The molecule has 0 aliphatic carbocycles. The summed E-state index contributed by atoms with van der Waals surface area (Å²) in [7, 11) is 0. The molecule has 0 aliphatic heterocycles. The van der Waals surface area contributed by atoms with Crippen molar-refractivity contribution in [1.29, 1.82) is 5.26 Å². The van der Waals surface area contributed by atoms with Gasteiger partial charge in [-0.1, -0.05) is 23.7 Å². The minimum absolute atomic E-state index is 0.163. The van der Waals surface area contributed by atoms with Crippen LogP contribution in [0.1, 0.15) is 5.56 Å². The van der Waals surface area contributed by atoms with Gasteiger partial charge in [-0.25, -0.2) is 0 Å². The number of benzene rings is 3. The van der Waals surface area contributed by atoms with Gasteiger partial charge >= 0.3 is 5.69 Å². The van der Waals surface area contributed by atoms with Crippen LogP contribution in [0, 0.1) is 31.6 Å². The van der Waals surface area contributed by atoms with Crippen LogP contribution in [-0.2, 0) is 4.79 Å². The Morgan fingerprint density at radius 2 is 1.76 bits per heavy atom. The van der Waals surface area contributed by atoms with E-state index < -0.39 is 27.1 Å². The second kappa shape index (κ2) is 10.0. The molecule has 11 heteroatoms.